The van der Waals surface area contributed by atoms with Crippen LogP contribution < -0.4 is 4.74 Å². The molecule has 7 heteroatoms. The second-order valence-corrected chi connectivity index (χ2v) is 9.80. The number of halogens is 6. The van der Waals surface area contributed by atoms with Crippen LogP contribution in [0, 0.1) is 17.5 Å². The minimum absolute atomic E-state index is 0.0397. The molecular weight excluding hydrogens is 514 g/mol. The van der Waals surface area contributed by atoms with E-state index >= 15 is 4.39 Å². The Kier molecular flexibility index (Phi) is 9.20. The normalized spacial score (nSPS) is 11.8. The maximum Gasteiger partial charge on any atom is 0.573 e. The Morgan fingerprint density at radius 1 is 0.615 bits per heavy atom. The molecule has 206 valence electrons. The molecule has 0 N–H and O–H groups in total. The van der Waals surface area contributed by atoms with Crippen molar-refractivity contribution in [1.82, 2.24) is 0 Å². The van der Waals surface area contributed by atoms with E-state index in [0.717, 1.165) is 42.3 Å². The molecule has 0 radical (unpaired) electrons. The molecule has 4 aromatic rings. The van der Waals surface area contributed by atoms with E-state index < -0.39 is 29.6 Å². The van der Waals surface area contributed by atoms with Crippen molar-refractivity contribution < 1.29 is 31.1 Å². The van der Waals surface area contributed by atoms with Crippen molar-refractivity contribution in [3.8, 4) is 5.75 Å². The molecule has 4 rings (SSSR count). The molecule has 0 heterocycles. The topological polar surface area (TPSA) is 9.23 Å². The monoisotopic (exact) mass is 544 g/mol. The number of unbranched alkanes of at least 4 members (excludes halogenated alkanes) is 2. The zero-order chi connectivity index (χ0) is 28.0. The average Bonchev–Trinajstić information content (AvgIpc) is 2.89. The summed E-state index contributed by atoms with van der Waals surface area (Å²) in [5.74, 6) is -4.84. The number of hydrogen-bond acceptors (Lipinski definition) is 1. The highest BCUT2D eigenvalue weighted by Crippen LogP contribution is 2.30. The van der Waals surface area contributed by atoms with Gasteiger partial charge in [0, 0.05) is 5.39 Å². The van der Waals surface area contributed by atoms with Gasteiger partial charge in [0.1, 0.15) is 5.82 Å². The maximum atomic E-state index is 15.2. The molecule has 0 saturated carbocycles. The molecule has 0 saturated heterocycles. The lowest BCUT2D eigenvalue weighted by atomic mass is 9.97. The summed E-state index contributed by atoms with van der Waals surface area (Å²) in [4.78, 5) is 0. The highest BCUT2D eigenvalue weighted by atomic mass is 19.4. The van der Waals surface area contributed by atoms with Crippen LogP contribution in [0.25, 0.3) is 10.8 Å². The van der Waals surface area contributed by atoms with Crippen molar-refractivity contribution in [3.05, 3.63) is 112 Å². The Morgan fingerprint density at radius 3 is 1.85 bits per heavy atom. The van der Waals surface area contributed by atoms with Gasteiger partial charge >= 0.3 is 6.36 Å². The van der Waals surface area contributed by atoms with Gasteiger partial charge in [-0.15, -0.1) is 13.2 Å². The standard InChI is InChI=1S/C32H30F6O/c1-2-3-4-5-21-6-8-22(9-7-21)10-11-23-13-17-27-26(18-23)16-15-25(30(27)35)14-12-24-19-28(33)31(29(34)20-24)39-32(36,37)38/h6-9,13,15-20H,2-5,10-12,14H2,1H3. The molecule has 0 spiro atoms. The van der Waals surface area contributed by atoms with E-state index in [9.17, 15) is 22.0 Å². The Labute approximate surface area is 224 Å². The fourth-order valence-corrected chi connectivity index (χ4v) is 4.72. The van der Waals surface area contributed by atoms with Crippen LogP contribution in [0.3, 0.4) is 0 Å². The second-order valence-electron chi connectivity index (χ2n) is 9.80. The van der Waals surface area contributed by atoms with E-state index in [1.54, 1.807) is 12.1 Å². The van der Waals surface area contributed by atoms with Crippen LogP contribution in [0.4, 0.5) is 26.3 Å². The lowest BCUT2D eigenvalue weighted by Crippen LogP contribution is -2.19. The summed E-state index contributed by atoms with van der Waals surface area (Å²) in [6.07, 6.45) is 1.40. The summed E-state index contributed by atoms with van der Waals surface area (Å²) >= 11 is 0. The molecule has 1 nitrogen and oxygen atoms in total. The van der Waals surface area contributed by atoms with E-state index in [2.05, 4.69) is 35.9 Å². The first-order valence-corrected chi connectivity index (χ1v) is 13.1. The number of rotatable bonds is 11. The molecule has 0 atom stereocenters. The SMILES string of the molecule is CCCCCc1ccc(CCc2ccc3c(F)c(CCc4cc(F)c(OC(F)(F)F)c(F)c4)ccc3c2)cc1. The number of alkyl halides is 3. The van der Waals surface area contributed by atoms with Gasteiger partial charge in [-0.05, 0) is 83.9 Å². The van der Waals surface area contributed by atoms with Crippen molar-refractivity contribution in [2.24, 2.45) is 0 Å². The average molecular weight is 545 g/mol. The van der Waals surface area contributed by atoms with Crippen LogP contribution in [0.15, 0.2) is 66.7 Å². The third-order valence-electron chi connectivity index (χ3n) is 6.85. The summed E-state index contributed by atoms with van der Waals surface area (Å²) in [6.45, 7) is 2.20. The molecule has 0 unspecified atom stereocenters. The van der Waals surface area contributed by atoms with E-state index in [1.165, 1.54) is 30.4 Å². The van der Waals surface area contributed by atoms with Crippen molar-refractivity contribution >= 4 is 10.8 Å². The van der Waals surface area contributed by atoms with Gasteiger partial charge in [-0.2, -0.15) is 0 Å². The summed E-state index contributed by atoms with van der Waals surface area (Å²) < 4.78 is 83.7. The third kappa shape index (κ3) is 7.78. The zero-order valence-electron chi connectivity index (χ0n) is 21.7. The summed E-state index contributed by atoms with van der Waals surface area (Å²) in [5.41, 5.74) is 4.15. The van der Waals surface area contributed by atoms with E-state index in [4.69, 9.17) is 0 Å². The summed E-state index contributed by atoms with van der Waals surface area (Å²) in [7, 11) is 0. The van der Waals surface area contributed by atoms with Crippen molar-refractivity contribution in [3.63, 3.8) is 0 Å². The minimum atomic E-state index is -5.21. The molecule has 39 heavy (non-hydrogen) atoms. The molecule has 0 aliphatic heterocycles. The van der Waals surface area contributed by atoms with Crippen LogP contribution in [0.1, 0.15) is 54.0 Å². The van der Waals surface area contributed by atoms with Gasteiger partial charge in [-0.3, -0.25) is 0 Å². The zero-order valence-corrected chi connectivity index (χ0v) is 21.7. The van der Waals surface area contributed by atoms with Gasteiger partial charge in [0.2, 0.25) is 5.75 Å². The summed E-state index contributed by atoms with van der Waals surface area (Å²) in [6, 6.07) is 19.3. The fourth-order valence-electron chi connectivity index (χ4n) is 4.72. The van der Waals surface area contributed by atoms with E-state index in [1.807, 2.05) is 18.2 Å². The predicted molar refractivity (Wildman–Crippen MR) is 141 cm³/mol. The van der Waals surface area contributed by atoms with Gasteiger partial charge in [0.15, 0.2) is 11.6 Å². The highest BCUT2D eigenvalue weighted by Gasteiger charge is 2.34. The van der Waals surface area contributed by atoms with Crippen LogP contribution in [-0.2, 0) is 32.1 Å². The molecule has 0 fully saturated rings. The number of fused-ring (bicyclic) bond motifs is 1. The molecular formula is C32H30F6O. The first kappa shape index (κ1) is 28.5. The number of benzene rings is 4. The molecule has 4 aromatic carbocycles. The largest absolute Gasteiger partial charge is 0.573 e. The molecule has 0 bridgehead atoms. The number of ether oxygens (including phenoxy) is 1. The van der Waals surface area contributed by atoms with Crippen LogP contribution in [0.2, 0.25) is 0 Å². The van der Waals surface area contributed by atoms with Crippen molar-refractivity contribution in [1.29, 1.82) is 0 Å². The first-order chi connectivity index (χ1) is 18.6. The van der Waals surface area contributed by atoms with Gasteiger partial charge in [-0.1, -0.05) is 74.4 Å². The van der Waals surface area contributed by atoms with Crippen molar-refractivity contribution in [2.75, 3.05) is 0 Å². The lowest BCUT2D eigenvalue weighted by molar-refractivity contribution is -0.276. The molecule has 0 aromatic heterocycles. The van der Waals surface area contributed by atoms with Gasteiger partial charge in [0.05, 0.1) is 0 Å². The quantitative estimate of drug-likeness (QED) is 0.135. The van der Waals surface area contributed by atoms with Crippen molar-refractivity contribution in [2.45, 2.75) is 64.7 Å². The molecule has 0 aliphatic carbocycles. The van der Waals surface area contributed by atoms with Gasteiger partial charge in [0.25, 0.3) is 0 Å². The lowest BCUT2D eigenvalue weighted by Gasteiger charge is -2.12. The molecule has 0 amide bonds. The maximum absolute atomic E-state index is 15.2. The van der Waals surface area contributed by atoms with Gasteiger partial charge in [-0.25, -0.2) is 13.2 Å². The van der Waals surface area contributed by atoms with Crippen LogP contribution >= 0.6 is 0 Å². The summed E-state index contributed by atoms with van der Waals surface area (Å²) in [5, 5.41) is 1.20. The van der Waals surface area contributed by atoms with Crippen LogP contribution in [-0.4, -0.2) is 6.36 Å². The third-order valence-corrected chi connectivity index (χ3v) is 6.85. The number of hydrogen-bond donors (Lipinski definition) is 0. The number of aryl methyl sites for hydroxylation is 5. The Morgan fingerprint density at radius 2 is 1.21 bits per heavy atom. The van der Waals surface area contributed by atoms with E-state index in [-0.39, 0.29) is 18.4 Å². The second kappa shape index (κ2) is 12.6. The fraction of sp³-hybridized carbons (Fsp3) is 0.312. The predicted octanol–water partition coefficient (Wildman–Crippen LogP) is 9.46. The Hall–Kier alpha value is -3.48. The first-order valence-electron chi connectivity index (χ1n) is 13.1. The van der Waals surface area contributed by atoms with Crippen LogP contribution in [0.5, 0.6) is 5.75 Å². The molecule has 0 aliphatic rings. The van der Waals surface area contributed by atoms with E-state index in [0.29, 0.717) is 10.9 Å². The Bertz CT molecular complexity index is 1390. The smallest absolute Gasteiger partial charge is 0.399 e. The minimum Gasteiger partial charge on any atom is -0.399 e. The highest BCUT2D eigenvalue weighted by molar-refractivity contribution is 5.84. The Balaban J connectivity index is 1.39. The van der Waals surface area contributed by atoms with Gasteiger partial charge < -0.3 is 4.74 Å².